The van der Waals surface area contributed by atoms with Gasteiger partial charge in [0.15, 0.2) is 0 Å². The third-order valence-electron chi connectivity index (χ3n) is 1.48. The van der Waals surface area contributed by atoms with Gasteiger partial charge in [-0.1, -0.05) is 13.8 Å². The molecule has 0 aliphatic rings. The highest BCUT2D eigenvalue weighted by Crippen LogP contribution is 2.21. The summed E-state index contributed by atoms with van der Waals surface area (Å²) in [7, 11) is 0. The molecule has 0 N–H and O–H groups in total. The molecule has 0 radical (unpaired) electrons. The standard InChI is InChI=1S/C8H11FS/c1-3-6-5-7(9)8(4-2)10-6/h5H,3-4H2,1-2H3. The Balaban J connectivity index is 2.92. The number of thiophene rings is 1. The van der Waals surface area contributed by atoms with Gasteiger partial charge >= 0.3 is 0 Å². The molecule has 0 bridgehead atoms. The molecule has 0 spiro atoms. The first kappa shape index (κ1) is 7.73. The largest absolute Gasteiger partial charge is 0.206 e. The van der Waals surface area contributed by atoms with Crippen LogP contribution in [0.15, 0.2) is 6.07 Å². The van der Waals surface area contributed by atoms with Crippen molar-refractivity contribution in [1.29, 1.82) is 0 Å². The maximum Gasteiger partial charge on any atom is 0.137 e. The van der Waals surface area contributed by atoms with Crippen LogP contribution >= 0.6 is 11.3 Å². The summed E-state index contributed by atoms with van der Waals surface area (Å²) >= 11 is 1.58. The fourth-order valence-electron chi connectivity index (χ4n) is 0.874. The summed E-state index contributed by atoms with van der Waals surface area (Å²) in [6, 6.07) is 1.64. The highest BCUT2D eigenvalue weighted by Gasteiger charge is 2.04. The van der Waals surface area contributed by atoms with E-state index in [1.54, 1.807) is 17.4 Å². The predicted octanol–water partition coefficient (Wildman–Crippen LogP) is 3.01. The Morgan fingerprint density at radius 3 is 2.40 bits per heavy atom. The third kappa shape index (κ3) is 1.37. The van der Waals surface area contributed by atoms with Crippen molar-refractivity contribution in [2.75, 3.05) is 0 Å². The number of hydrogen-bond donors (Lipinski definition) is 0. The molecule has 0 aliphatic heterocycles. The van der Waals surface area contributed by atoms with E-state index in [-0.39, 0.29) is 5.82 Å². The summed E-state index contributed by atoms with van der Waals surface area (Å²) in [5.74, 6) is -0.0237. The Morgan fingerprint density at radius 1 is 1.40 bits per heavy atom. The van der Waals surface area contributed by atoms with Crippen LogP contribution in [-0.4, -0.2) is 0 Å². The molecule has 56 valence electrons. The monoisotopic (exact) mass is 158 g/mol. The maximum absolute atomic E-state index is 12.8. The van der Waals surface area contributed by atoms with Crippen molar-refractivity contribution < 1.29 is 4.39 Å². The average Bonchev–Trinajstić information content (AvgIpc) is 2.30. The number of halogens is 1. The SMILES string of the molecule is CCc1cc(F)c(CC)s1. The minimum atomic E-state index is -0.0237. The Hall–Kier alpha value is -0.370. The van der Waals surface area contributed by atoms with Crippen molar-refractivity contribution in [3.05, 3.63) is 21.6 Å². The first-order valence-electron chi connectivity index (χ1n) is 3.55. The second-order valence-electron chi connectivity index (χ2n) is 2.19. The Morgan fingerprint density at radius 2 is 2.10 bits per heavy atom. The molecule has 0 nitrogen and oxygen atoms in total. The minimum Gasteiger partial charge on any atom is -0.206 e. The summed E-state index contributed by atoms with van der Waals surface area (Å²) in [6.07, 6.45) is 1.76. The van der Waals surface area contributed by atoms with E-state index in [9.17, 15) is 4.39 Å². The summed E-state index contributed by atoms with van der Waals surface area (Å²) in [5.41, 5.74) is 0. The molecule has 0 amide bonds. The molecule has 2 heteroatoms. The second-order valence-corrected chi connectivity index (χ2v) is 3.41. The molecular weight excluding hydrogens is 147 g/mol. The van der Waals surface area contributed by atoms with Crippen LogP contribution in [0, 0.1) is 5.82 Å². The first-order chi connectivity index (χ1) is 4.77. The number of aryl methyl sites for hydroxylation is 2. The van der Waals surface area contributed by atoms with Gasteiger partial charge in [0.1, 0.15) is 5.82 Å². The van der Waals surface area contributed by atoms with E-state index in [1.807, 2.05) is 13.8 Å². The van der Waals surface area contributed by atoms with Gasteiger partial charge in [-0.15, -0.1) is 11.3 Å². The molecule has 0 saturated heterocycles. The molecule has 10 heavy (non-hydrogen) atoms. The van der Waals surface area contributed by atoms with Gasteiger partial charge in [0.2, 0.25) is 0 Å². The second kappa shape index (κ2) is 3.15. The first-order valence-corrected chi connectivity index (χ1v) is 4.36. The Kier molecular flexibility index (Phi) is 2.44. The van der Waals surface area contributed by atoms with Crippen LogP contribution in [-0.2, 0) is 12.8 Å². The van der Waals surface area contributed by atoms with Crippen LogP contribution in [0.1, 0.15) is 23.6 Å². The van der Waals surface area contributed by atoms with E-state index in [4.69, 9.17) is 0 Å². The van der Waals surface area contributed by atoms with Crippen LogP contribution in [0.25, 0.3) is 0 Å². The van der Waals surface area contributed by atoms with Crippen molar-refractivity contribution in [2.24, 2.45) is 0 Å². The summed E-state index contributed by atoms with van der Waals surface area (Å²) in [5, 5.41) is 0. The molecule has 0 aliphatic carbocycles. The van der Waals surface area contributed by atoms with E-state index >= 15 is 0 Å². The molecule has 1 aromatic heterocycles. The highest BCUT2D eigenvalue weighted by atomic mass is 32.1. The number of hydrogen-bond acceptors (Lipinski definition) is 1. The molecule has 0 saturated carbocycles. The van der Waals surface area contributed by atoms with Crippen LogP contribution in [0.3, 0.4) is 0 Å². The molecule has 0 aromatic carbocycles. The van der Waals surface area contributed by atoms with E-state index < -0.39 is 0 Å². The lowest BCUT2D eigenvalue weighted by Gasteiger charge is -1.85. The van der Waals surface area contributed by atoms with Gasteiger partial charge in [0.25, 0.3) is 0 Å². The smallest absolute Gasteiger partial charge is 0.137 e. The molecular formula is C8H11FS. The Labute approximate surface area is 64.7 Å². The van der Waals surface area contributed by atoms with Gasteiger partial charge in [-0.2, -0.15) is 0 Å². The van der Waals surface area contributed by atoms with Crippen LogP contribution in [0.4, 0.5) is 4.39 Å². The van der Waals surface area contributed by atoms with Gasteiger partial charge in [0.05, 0.1) is 0 Å². The highest BCUT2D eigenvalue weighted by molar-refractivity contribution is 7.12. The summed E-state index contributed by atoms with van der Waals surface area (Å²) in [6.45, 7) is 4.03. The third-order valence-corrected chi connectivity index (χ3v) is 2.88. The zero-order valence-corrected chi connectivity index (χ0v) is 7.09. The van der Waals surface area contributed by atoms with Gasteiger partial charge < -0.3 is 0 Å². The topological polar surface area (TPSA) is 0 Å². The van der Waals surface area contributed by atoms with E-state index in [1.165, 1.54) is 0 Å². The fourth-order valence-corrected chi connectivity index (χ4v) is 1.80. The quantitative estimate of drug-likeness (QED) is 0.620. The molecule has 0 fully saturated rings. The van der Waals surface area contributed by atoms with Crippen molar-refractivity contribution >= 4 is 11.3 Å². The van der Waals surface area contributed by atoms with Crippen molar-refractivity contribution in [2.45, 2.75) is 26.7 Å². The molecule has 1 rings (SSSR count). The van der Waals surface area contributed by atoms with Crippen molar-refractivity contribution in [3.8, 4) is 0 Å². The molecule has 1 heterocycles. The zero-order chi connectivity index (χ0) is 7.56. The predicted molar refractivity (Wildman–Crippen MR) is 43.0 cm³/mol. The Bertz CT molecular complexity index is 215. The van der Waals surface area contributed by atoms with Crippen LogP contribution < -0.4 is 0 Å². The number of rotatable bonds is 2. The lowest BCUT2D eigenvalue weighted by atomic mass is 10.3. The van der Waals surface area contributed by atoms with Gasteiger partial charge in [-0.05, 0) is 18.9 Å². The fraction of sp³-hybridized carbons (Fsp3) is 0.500. The van der Waals surface area contributed by atoms with Gasteiger partial charge in [-0.3, -0.25) is 0 Å². The van der Waals surface area contributed by atoms with E-state index in [2.05, 4.69) is 0 Å². The van der Waals surface area contributed by atoms with Crippen molar-refractivity contribution in [3.63, 3.8) is 0 Å². The molecule has 0 atom stereocenters. The zero-order valence-electron chi connectivity index (χ0n) is 6.28. The lowest BCUT2D eigenvalue weighted by Crippen LogP contribution is -1.74. The normalized spacial score (nSPS) is 10.3. The van der Waals surface area contributed by atoms with Crippen molar-refractivity contribution in [1.82, 2.24) is 0 Å². The van der Waals surface area contributed by atoms with E-state index in [0.717, 1.165) is 22.6 Å². The minimum absolute atomic E-state index is 0.0237. The summed E-state index contributed by atoms with van der Waals surface area (Å²) in [4.78, 5) is 2.03. The van der Waals surface area contributed by atoms with Crippen LogP contribution in [0.2, 0.25) is 0 Å². The van der Waals surface area contributed by atoms with E-state index in [0.29, 0.717) is 0 Å². The van der Waals surface area contributed by atoms with Crippen LogP contribution in [0.5, 0.6) is 0 Å². The van der Waals surface area contributed by atoms with Gasteiger partial charge in [0, 0.05) is 9.75 Å². The maximum atomic E-state index is 12.8. The summed E-state index contributed by atoms with van der Waals surface area (Å²) < 4.78 is 12.8. The molecule has 1 aromatic rings. The molecule has 0 unspecified atom stereocenters. The average molecular weight is 158 g/mol. The lowest BCUT2D eigenvalue weighted by molar-refractivity contribution is 0.619. The van der Waals surface area contributed by atoms with Gasteiger partial charge in [-0.25, -0.2) is 4.39 Å².